The zero-order chi connectivity index (χ0) is 27.3. The van der Waals surface area contributed by atoms with Crippen molar-refractivity contribution >= 4 is 23.4 Å². The Morgan fingerprint density at radius 1 is 1.21 bits per heavy atom. The van der Waals surface area contributed by atoms with Crippen molar-refractivity contribution in [1.82, 2.24) is 14.8 Å². The van der Waals surface area contributed by atoms with Crippen LogP contribution in [0.5, 0.6) is 23.1 Å². The van der Waals surface area contributed by atoms with E-state index in [0.717, 1.165) is 30.4 Å². The van der Waals surface area contributed by atoms with E-state index >= 15 is 0 Å². The van der Waals surface area contributed by atoms with Crippen LogP contribution in [0.15, 0.2) is 49.1 Å². The molecule has 0 saturated carbocycles. The second-order valence-electron chi connectivity index (χ2n) is 9.72. The number of hydrogen-bond donors (Lipinski definition) is 1. The molecule has 0 spiro atoms. The lowest BCUT2D eigenvalue weighted by Crippen LogP contribution is -2.57. The summed E-state index contributed by atoms with van der Waals surface area (Å²) in [6.45, 7) is 4.42. The van der Waals surface area contributed by atoms with Crippen molar-refractivity contribution in [2.45, 2.75) is 25.3 Å². The van der Waals surface area contributed by atoms with Gasteiger partial charge in [0.2, 0.25) is 11.8 Å². The fourth-order valence-corrected chi connectivity index (χ4v) is 5.82. The molecular formula is C29H25ClFN3O5. The number of aryl methyl sites for hydroxylation is 1. The van der Waals surface area contributed by atoms with Crippen molar-refractivity contribution in [3.8, 4) is 34.4 Å². The van der Waals surface area contributed by atoms with Crippen molar-refractivity contribution in [3.63, 3.8) is 0 Å². The van der Waals surface area contributed by atoms with Crippen molar-refractivity contribution in [1.29, 1.82) is 0 Å². The molecule has 6 rings (SSSR count). The lowest BCUT2D eigenvalue weighted by molar-refractivity contribution is -0.128. The highest BCUT2D eigenvalue weighted by molar-refractivity contribution is 6.35. The largest absolute Gasteiger partial charge is 0.507 e. The first-order valence-corrected chi connectivity index (χ1v) is 13.1. The number of benzene rings is 2. The summed E-state index contributed by atoms with van der Waals surface area (Å²) in [5, 5.41) is 10.4. The Hall–Kier alpha value is -4.11. The van der Waals surface area contributed by atoms with Gasteiger partial charge in [0.05, 0.1) is 11.6 Å². The molecule has 2 aliphatic heterocycles. The molecule has 2 aromatic carbocycles. The Morgan fingerprint density at radius 3 is 2.82 bits per heavy atom. The summed E-state index contributed by atoms with van der Waals surface area (Å²) in [7, 11) is 0. The Bertz CT molecular complexity index is 1510. The van der Waals surface area contributed by atoms with Crippen LogP contribution in [0, 0.1) is 5.82 Å². The van der Waals surface area contributed by atoms with Crippen LogP contribution >= 0.6 is 11.6 Å². The van der Waals surface area contributed by atoms with Crippen molar-refractivity contribution in [2.75, 3.05) is 26.2 Å². The van der Waals surface area contributed by atoms with Gasteiger partial charge in [-0.2, -0.15) is 0 Å². The summed E-state index contributed by atoms with van der Waals surface area (Å²) in [5.74, 6) is -1.32. The van der Waals surface area contributed by atoms with E-state index in [9.17, 15) is 19.1 Å². The zero-order valence-corrected chi connectivity index (χ0v) is 21.7. The summed E-state index contributed by atoms with van der Waals surface area (Å²) in [4.78, 5) is 34.0. The van der Waals surface area contributed by atoms with E-state index in [1.165, 1.54) is 24.3 Å². The third-order valence-electron chi connectivity index (χ3n) is 7.46. The Morgan fingerprint density at radius 2 is 2.03 bits per heavy atom. The van der Waals surface area contributed by atoms with Gasteiger partial charge in [-0.3, -0.25) is 9.59 Å². The number of ether oxygens (including phenoxy) is 2. The molecule has 0 unspecified atom stereocenters. The molecule has 2 amide bonds. The standard InChI is InChI=1S/C29H25ClFN3O5/c1-2-22(36)33-12-13-34-17(14-33)15-38-27-24(29(34)37)28(39-21-11-4-7-16-6-3-8-18(16)21)32-26(25(27)30)23-19(31)9-5-10-20(23)35/h2,4-5,7,9-11,17,35H,1,3,6,8,12-15H2/t17-/m1/s1. The van der Waals surface area contributed by atoms with Crippen LogP contribution in [0.25, 0.3) is 11.3 Å². The van der Waals surface area contributed by atoms with E-state index in [4.69, 9.17) is 21.1 Å². The molecule has 200 valence electrons. The predicted molar refractivity (Wildman–Crippen MR) is 142 cm³/mol. The lowest BCUT2D eigenvalue weighted by atomic mass is 10.1. The minimum Gasteiger partial charge on any atom is -0.507 e. The molecule has 1 N–H and O–H groups in total. The number of carbonyl (C=O) groups excluding carboxylic acids is 2. The molecular weight excluding hydrogens is 525 g/mol. The van der Waals surface area contributed by atoms with Crippen LogP contribution in [0.4, 0.5) is 4.39 Å². The van der Waals surface area contributed by atoms with Crippen molar-refractivity contribution < 1.29 is 28.6 Å². The highest BCUT2D eigenvalue weighted by Crippen LogP contribution is 2.47. The maximum Gasteiger partial charge on any atom is 0.263 e. The molecule has 1 aromatic heterocycles. The number of piperazine rings is 1. The van der Waals surface area contributed by atoms with Crippen LogP contribution in [-0.4, -0.2) is 64.0 Å². The fraction of sp³-hybridized carbons (Fsp3) is 0.276. The number of pyridine rings is 1. The number of hydrogen-bond acceptors (Lipinski definition) is 6. The van der Waals surface area contributed by atoms with Gasteiger partial charge in [-0.15, -0.1) is 0 Å². The molecule has 0 radical (unpaired) electrons. The predicted octanol–water partition coefficient (Wildman–Crippen LogP) is 4.76. The highest BCUT2D eigenvalue weighted by Gasteiger charge is 2.40. The summed E-state index contributed by atoms with van der Waals surface area (Å²) in [6.07, 6.45) is 3.95. The van der Waals surface area contributed by atoms with Gasteiger partial charge in [0.1, 0.15) is 40.2 Å². The number of aromatic nitrogens is 1. The molecule has 1 fully saturated rings. The first-order valence-electron chi connectivity index (χ1n) is 12.7. The maximum absolute atomic E-state index is 15.0. The first kappa shape index (κ1) is 25.2. The van der Waals surface area contributed by atoms with Gasteiger partial charge in [0.25, 0.3) is 5.91 Å². The van der Waals surface area contributed by atoms with Crippen LogP contribution in [0.1, 0.15) is 27.9 Å². The summed E-state index contributed by atoms with van der Waals surface area (Å²) in [5.41, 5.74) is 1.86. The SMILES string of the molecule is C=CC(=O)N1CCN2C(=O)c3c(Oc4cccc5c4CCC5)nc(-c4c(O)cccc4F)c(Cl)c3OC[C@H]2C1. The van der Waals surface area contributed by atoms with Gasteiger partial charge in [0, 0.05) is 19.6 Å². The minimum atomic E-state index is -0.744. The topological polar surface area (TPSA) is 92.2 Å². The third-order valence-corrected chi connectivity index (χ3v) is 7.81. The van der Waals surface area contributed by atoms with Crippen LogP contribution in [0.2, 0.25) is 5.02 Å². The lowest BCUT2D eigenvalue weighted by Gasteiger charge is -2.39. The molecule has 0 bridgehead atoms. The molecule has 8 nitrogen and oxygen atoms in total. The van der Waals surface area contributed by atoms with E-state index < -0.39 is 17.8 Å². The van der Waals surface area contributed by atoms with Gasteiger partial charge in [0.15, 0.2) is 5.75 Å². The minimum absolute atomic E-state index is 0.00658. The van der Waals surface area contributed by atoms with Gasteiger partial charge in [-0.1, -0.05) is 36.4 Å². The van der Waals surface area contributed by atoms with Gasteiger partial charge in [-0.05, 0) is 54.7 Å². The second kappa shape index (κ2) is 9.89. The number of amides is 2. The second-order valence-corrected chi connectivity index (χ2v) is 10.1. The molecule has 3 aliphatic rings. The van der Waals surface area contributed by atoms with Gasteiger partial charge < -0.3 is 24.4 Å². The molecule has 1 aliphatic carbocycles. The Labute approximate surface area is 229 Å². The number of phenolic OH excluding ortho intramolecular Hbond substituents is 1. The monoisotopic (exact) mass is 549 g/mol. The molecule has 10 heteroatoms. The van der Waals surface area contributed by atoms with E-state index in [-0.39, 0.29) is 64.8 Å². The van der Waals surface area contributed by atoms with Crippen LogP contribution in [0.3, 0.4) is 0 Å². The molecule has 3 heterocycles. The van der Waals surface area contributed by atoms with Crippen molar-refractivity contribution in [3.05, 3.63) is 76.6 Å². The maximum atomic E-state index is 15.0. The third kappa shape index (κ3) is 4.27. The highest BCUT2D eigenvalue weighted by atomic mass is 35.5. The average molecular weight is 550 g/mol. The first-order chi connectivity index (χ1) is 18.9. The zero-order valence-electron chi connectivity index (χ0n) is 21.0. The molecule has 3 aromatic rings. The molecule has 1 saturated heterocycles. The van der Waals surface area contributed by atoms with E-state index in [1.807, 2.05) is 12.1 Å². The number of nitrogens with zero attached hydrogens (tertiary/aromatic N) is 3. The smallest absolute Gasteiger partial charge is 0.263 e. The molecule has 39 heavy (non-hydrogen) atoms. The average Bonchev–Trinajstić information content (AvgIpc) is 3.37. The summed E-state index contributed by atoms with van der Waals surface area (Å²) in [6, 6.07) is 9.13. The van der Waals surface area contributed by atoms with Crippen molar-refractivity contribution in [2.24, 2.45) is 0 Å². The molecule has 1 atom stereocenters. The van der Waals surface area contributed by atoms with Crippen LogP contribution < -0.4 is 9.47 Å². The number of rotatable bonds is 4. The quantitative estimate of drug-likeness (QED) is 0.472. The fourth-order valence-electron chi connectivity index (χ4n) is 5.53. The number of carbonyl (C=O) groups is 2. The summed E-state index contributed by atoms with van der Waals surface area (Å²) < 4.78 is 27.4. The van der Waals surface area contributed by atoms with Crippen LogP contribution in [-0.2, 0) is 17.6 Å². The number of phenols is 1. The van der Waals surface area contributed by atoms with Gasteiger partial charge in [-0.25, -0.2) is 9.37 Å². The van der Waals surface area contributed by atoms with E-state index in [0.29, 0.717) is 12.3 Å². The van der Waals surface area contributed by atoms with E-state index in [2.05, 4.69) is 11.6 Å². The Balaban J connectivity index is 1.51. The Kier molecular flexibility index (Phi) is 6.38. The van der Waals surface area contributed by atoms with Gasteiger partial charge >= 0.3 is 0 Å². The number of fused-ring (bicyclic) bond motifs is 3. The normalized spacial score (nSPS) is 18.0. The summed E-state index contributed by atoms with van der Waals surface area (Å²) >= 11 is 6.74. The van der Waals surface area contributed by atoms with E-state index in [1.54, 1.807) is 15.9 Å². The number of aromatic hydroxyl groups is 1. The number of halogens is 2.